The van der Waals surface area contributed by atoms with Crippen LogP contribution in [0.25, 0.3) is 11.4 Å². The SMILES string of the molecule is CC1=C(C(N)=O)C(c2cccc(Br)c2)n2nc(-c3ccccc3)nc2N1. The van der Waals surface area contributed by atoms with E-state index < -0.39 is 11.9 Å². The number of primary amides is 1. The van der Waals surface area contributed by atoms with Crippen LogP contribution < -0.4 is 11.1 Å². The number of hydrogen-bond donors (Lipinski definition) is 2. The van der Waals surface area contributed by atoms with Crippen molar-refractivity contribution in [2.45, 2.75) is 13.0 Å². The van der Waals surface area contributed by atoms with Crippen LogP contribution in [0.15, 0.2) is 70.3 Å². The van der Waals surface area contributed by atoms with Crippen LogP contribution in [-0.4, -0.2) is 20.7 Å². The number of carbonyl (C=O) groups excluding carboxylic acids is 1. The molecule has 26 heavy (non-hydrogen) atoms. The second kappa shape index (κ2) is 6.42. The number of hydrogen-bond acceptors (Lipinski definition) is 4. The molecule has 1 aliphatic rings. The van der Waals surface area contributed by atoms with Crippen molar-refractivity contribution in [1.82, 2.24) is 14.8 Å². The minimum Gasteiger partial charge on any atom is -0.366 e. The zero-order valence-corrected chi connectivity index (χ0v) is 15.6. The van der Waals surface area contributed by atoms with E-state index in [4.69, 9.17) is 5.73 Å². The number of allylic oxidation sites excluding steroid dienone is 1. The van der Waals surface area contributed by atoms with Gasteiger partial charge in [-0.2, -0.15) is 4.98 Å². The highest BCUT2D eigenvalue weighted by atomic mass is 79.9. The molecule has 3 aromatic rings. The third kappa shape index (κ3) is 2.80. The third-order valence-electron chi connectivity index (χ3n) is 4.31. The molecule has 4 rings (SSSR count). The van der Waals surface area contributed by atoms with Crippen LogP contribution in [0.2, 0.25) is 0 Å². The van der Waals surface area contributed by atoms with Crippen molar-refractivity contribution >= 4 is 27.8 Å². The number of fused-ring (bicyclic) bond motifs is 1. The van der Waals surface area contributed by atoms with Crippen LogP contribution in [0.5, 0.6) is 0 Å². The fourth-order valence-electron chi connectivity index (χ4n) is 3.16. The summed E-state index contributed by atoms with van der Waals surface area (Å²) in [4.78, 5) is 16.8. The molecule has 1 unspecified atom stereocenters. The van der Waals surface area contributed by atoms with E-state index in [9.17, 15) is 4.79 Å². The zero-order valence-electron chi connectivity index (χ0n) is 14.0. The highest BCUT2D eigenvalue weighted by Gasteiger charge is 2.33. The maximum atomic E-state index is 12.2. The molecule has 0 spiro atoms. The number of amides is 1. The maximum Gasteiger partial charge on any atom is 0.248 e. The normalized spacial score (nSPS) is 16.2. The summed E-state index contributed by atoms with van der Waals surface area (Å²) in [6, 6.07) is 17.0. The monoisotopic (exact) mass is 409 g/mol. The van der Waals surface area contributed by atoms with E-state index in [0.29, 0.717) is 23.0 Å². The lowest BCUT2D eigenvalue weighted by molar-refractivity contribution is -0.115. The summed E-state index contributed by atoms with van der Waals surface area (Å²) in [6.45, 7) is 1.82. The Morgan fingerprint density at radius 3 is 2.65 bits per heavy atom. The van der Waals surface area contributed by atoms with Gasteiger partial charge in [-0.25, -0.2) is 4.68 Å². The van der Waals surface area contributed by atoms with Crippen molar-refractivity contribution in [2.24, 2.45) is 5.73 Å². The summed E-state index contributed by atoms with van der Waals surface area (Å²) in [5.74, 6) is 0.685. The number of carbonyl (C=O) groups is 1. The molecule has 1 aliphatic heterocycles. The Labute approximate surface area is 158 Å². The van der Waals surface area contributed by atoms with Crippen molar-refractivity contribution in [3.8, 4) is 11.4 Å². The molecule has 0 aliphatic carbocycles. The minimum atomic E-state index is -0.484. The Kier molecular flexibility index (Phi) is 4.08. The van der Waals surface area contributed by atoms with Gasteiger partial charge in [0, 0.05) is 15.7 Å². The second-order valence-electron chi connectivity index (χ2n) is 6.06. The van der Waals surface area contributed by atoms with Crippen molar-refractivity contribution in [3.63, 3.8) is 0 Å². The van der Waals surface area contributed by atoms with Crippen molar-refractivity contribution in [2.75, 3.05) is 5.32 Å². The summed E-state index contributed by atoms with van der Waals surface area (Å²) in [6.07, 6.45) is 0. The van der Waals surface area contributed by atoms with Crippen LogP contribution in [-0.2, 0) is 4.79 Å². The molecule has 2 aromatic carbocycles. The standard InChI is InChI=1S/C19H16BrN5O/c1-11-15(17(21)26)16(13-8-5-9-14(20)10-13)25-19(22-11)23-18(24-25)12-6-3-2-4-7-12/h2-10,16H,1H3,(H2,21,26)(H,22,23,24). The Morgan fingerprint density at radius 1 is 1.19 bits per heavy atom. The van der Waals surface area contributed by atoms with Gasteiger partial charge in [0.15, 0.2) is 5.82 Å². The van der Waals surface area contributed by atoms with E-state index >= 15 is 0 Å². The van der Waals surface area contributed by atoms with Gasteiger partial charge in [-0.3, -0.25) is 4.79 Å². The molecule has 1 atom stereocenters. The Balaban J connectivity index is 1.90. The average molecular weight is 410 g/mol. The molecular weight excluding hydrogens is 394 g/mol. The topological polar surface area (TPSA) is 85.8 Å². The summed E-state index contributed by atoms with van der Waals surface area (Å²) < 4.78 is 2.64. The lowest BCUT2D eigenvalue weighted by Gasteiger charge is -2.27. The Hall–Kier alpha value is -2.93. The van der Waals surface area contributed by atoms with E-state index in [1.165, 1.54) is 0 Å². The third-order valence-corrected chi connectivity index (χ3v) is 4.81. The van der Waals surface area contributed by atoms with Gasteiger partial charge in [-0.15, -0.1) is 5.10 Å². The molecular formula is C19H16BrN5O. The van der Waals surface area contributed by atoms with E-state index in [2.05, 4.69) is 31.3 Å². The Morgan fingerprint density at radius 2 is 1.96 bits per heavy atom. The van der Waals surface area contributed by atoms with Gasteiger partial charge < -0.3 is 11.1 Å². The number of nitrogens with one attached hydrogen (secondary N) is 1. The predicted molar refractivity (Wildman–Crippen MR) is 103 cm³/mol. The second-order valence-corrected chi connectivity index (χ2v) is 6.97. The van der Waals surface area contributed by atoms with E-state index in [1.807, 2.05) is 61.5 Å². The number of benzene rings is 2. The lowest BCUT2D eigenvalue weighted by Crippen LogP contribution is -2.31. The van der Waals surface area contributed by atoms with Crippen LogP contribution in [0.3, 0.4) is 0 Å². The highest BCUT2D eigenvalue weighted by molar-refractivity contribution is 9.10. The van der Waals surface area contributed by atoms with Crippen LogP contribution >= 0.6 is 15.9 Å². The van der Waals surface area contributed by atoms with E-state index in [0.717, 1.165) is 15.6 Å². The van der Waals surface area contributed by atoms with Gasteiger partial charge in [0.25, 0.3) is 0 Å². The van der Waals surface area contributed by atoms with Gasteiger partial charge in [0.05, 0.1) is 5.57 Å². The minimum absolute atomic E-state index is 0.439. The quantitative estimate of drug-likeness (QED) is 0.692. The van der Waals surface area contributed by atoms with E-state index in [1.54, 1.807) is 4.68 Å². The summed E-state index contributed by atoms with van der Waals surface area (Å²) in [5.41, 5.74) is 8.65. The number of anilines is 1. The summed E-state index contributed by atoms with van der Waals surface area (Å²) in [5, 5.41) is 7.81. The molecule has 1 aromatic heterocycles. The van der Waals surface area contributed by atoms with Gasteiger partial charge in [-0.1, -0.05) is 58.4 Å². The largest absolute Gasteiger partial charge is 0.366 e. The van der Waals surface area contributed by atoms with Gasteiger partial charge in [0.2, 0.25) is 11.9 Å². The number of aromatic nitrogens is 3. The van der Waals surface area contributed by atoms with E-state index in [-0.39, 0.29) is 0 Å². The first-order valence-electron chi connectivity index (χ1n) is 8.09. The van der Waals surface area contributed by atoms with Gasteiger partial charge >= 0.3 is 0 Å². The van der Waals surface area contributed by atoms with Crippen LogP contribution in [0.1, 0.15) is 18.5 Å². The highest BCUT2D eigenvalue weighted by Crippen LogP contribution is 2.36. The number of nitrogens with two attached hydrogens (primary N) is 1. The van der Waals surface area contributed by atoms with Crippen molar-refractivity contribution in [1.29, 1.82) is 0 Å². The maximum absolute atomic E-state index is 12.2. The molecule has 0 bridgehead atoms. The summed E-state index contributed by atoms with van der Waals surface area (Å²) >= 11 is 3.49. The molecule has 130 valence electrons. The predicted octanol–water partition coefficient (Wildman–Crippen LogP) is 3.48. The fourth-order valence-corrected chi connectivity index (χ4v) is 3.58. The zero-order chi connectivity index (χ0) is 18.3. The molecule has 2 heterocycles. The number of nitrogens with zero attached hydrogens (tertiary/aromatic N) is 3. The molecule has 0 saturated carbocycles. The molecule has 7 heteroatoms. The van der Waals surface area contributed by atoms with Crippen molar-refractivity contribution < 1.29 is 4.79 Å². The van der Waals surface area contributed by atoms with Crippen LogP contribution in [0, 0.1) is 0 Å². The van der Waals surface area contributed by atoms with Crippen molar-refractivity contribution in [3.05, 3.63) is 75.9 Å². The average Bonchev–Trinajstić information content (AvgIpc) is 3.04. The Bertz CT molecular complexity index is 1030. The molecule has 0 radical (unpaired) electrons. The first kappa shape index (κ1) is 16.5. The smallest absolute Gasteiger partial charge is 0.248 e. The molecule has 0 saturated heterocycles. The molecule has 0 fully saturated rings. The molecule has 1 amide bonds. The summed E-state index contributed by atoms with van der Waals surface area (Å²) in [7, 11) is 0. The number of halogens is 1. The molecule has 3 N–H and O–H groups in total. The molecule has 6 nitrogen and oxygen atoms in total. The first-order chi connectivity index (χ1) is 12.5. The van der Waals surface area contributed by atoms with Gasteiger partial charge in [0.1, 0.15) is 6.04 Å². The first-order valence-corrected chi connectivity index (χ1v) is 8.89. The fraction of sp³-hybridized carbons (Fsp3) is 0.105. The van der Waals surface area contributed by atoms with Crippen LogP contribution in [0.4, 0.5) is 5.95 Å². The number of rotatable bonds is 3. The van der Waals surface area contributed by atoms with Gasteiger partial charge in [-0.05, 0) is 24.6 Å². The lowest BCUT2D eigenvalue weighted by atomic mass is 9.95.